The zero-order valence-electron chi connectivity index (χ0n) is 23.6. The Hall–Kier alpha value is -2.49. The second kappa shape index (κ2) is 15.0. The molecule has 0 unspecified atom stereocenters. The molecule has 12 heteroatoms. The summed E-state index contributed by atoms with van der Waals surface area (Å²) in [5, 5.41) is 3.84. The van der Waals surface area contributed by atoms with E-state index < -0.39 is 28.5 Å². The van der Waals surface area contributed by atoms with Crippen molar-refractivity contribution in [3.8, 4) is 0 Å². The summed E-state index contributed by atoms with van der Waals surface area (Å²) in [6, 6.07) is 16.3. The van der Waals surface area contributed by atoms with Gasteiger partial charge in [-0.1, -0.05) is 103 Å². The molecule has 43 heavy (non-hydrogen) atoms. The normalized spacial score (nSPS) is 14.6. The highest BCUT2D eigenvalue weighted by Crippen LogP contribution is 2.36. The van der Waals surface area contributed by atoms with E-state index >= 15 is 0 Å². The summed E-state index contributed by atoms with van der Waals surface area (Å²) in [6.07, 6.45) is 5.16. The van der Waals surface area contributed by atoms with Crippen molar-refractivity contribution in [1.29, 1.82) is 0 Å². The predicted molar refractivity (Wildman–Crippen MR) is 174 cm³/mol. The Balaban J connectivity index is 1.76. The third-order valence-corrected chi connectivity index (χ3v) is 10.8. The number of carbonyl (C=O) groups is 2. The van der Waals surface area contributed by atoms with E-state index in [-0.39, 0.29) is 45.5 Å². The Morgan fingerprint density at radius 1 is 0.860 bits per heavy atom. The van der Waals surface area contributed by atoms with Gasteiger partial charge in [-0.25, -0.2) is 8.42 Å². The predicted octanol–water partition coefficient (Wildman–Crippen LogP) is 7.75. The molecule has 7 nitrogen and oxygen atoms in total. The van der Waals surface area contributed by atoms with Crippen LogP contribution in [0.2, 0.25) is 20.1 Å². The number of hydrogen-bond donors (Lipinski definition) is 1. The van der Waals surface area contributed by atoms with E-state index in [1.54, 1.807) is 49.4 Å². The van der Waals surface area contributed by atoms with Crippen LogP contribution in [0.5, 0.6) is 0 Å². The van der Waals surface area contributed by atoms with Crippen LogP contribution < -0.4 is 9.62 Å². The van der Waals surface area contributed by atoms with Crippen LogP contribution in [0.15, 0.2) is 71.6 Å². The number of hydrogen-bond acceptors (Lipinski definition) is 4. The molecule has 2 amide bonds. The number of benzene rings is 3. The van der Waals surface area contributed by atoms with Crippen LogP contribution in [-0.4, -0.2) is 43.8 Å². The van der Waals surface area contributed by atoms with E-state index in [2.05, 4.69) is 5.32 Å². The monoisotopic (exact) mass is 683 g/mol. The molecule has 0 bridgehead atoms. The summed E-state index contributed by atoms with van der Waals surface area (Å²) >= 11 is 25.8. The molecule has 1 fully saturated rings. The Bertz CT molecular complexity index is 1530. The molecule has 0 saturated heterocycles. The minimum absolute atomic E-state index is 0.0105. The van der Waals surface area contributed by atoms with Gasteiger partial charge in [-0.3, -0.25) is 13.9 Å². The van der Waals surface area contributed by atoms with Gasteiger partial charge in [-0.2, -0.15) is 0 Å². The van der Waals surface area contributed by atoms with Crippen molar-refractivity contribution in [1.82, 2.24) is 10.2 Å². The Labute approximate surface area is 273 Å². The highest BCUT2D eigenvalue weighted by atomic mass is 35.5. The zero-order valence-corrected chi connectivity index (χ0v) is 27.5. The van der Waals surface area contributed by atoms with Crippen molar-refractivity contribution in [2.45, 2.75) is 69.0 Å². The fourth-order valence-electron chi connectivity index (χ4n) is 5.24. The average molecular weight is 686 g/mol. The topological polar surface area (TPSA) is 86.8 Å². The van der Waals surface area contributed by atoms with Gasteiger partial charge in [0, 0.05) is 28.2 Å². The molecule has 230 valence electrons. The molecule has 1 atom stereocenters. The van der Waals surface area contributed by atoms with Gasteiger partial charge >= 0.3 is 0 Å². The van der Waals surface area contributed by atoms with E-state index in [0.29, 0.717) is 15.6 Å². The highest BCUT2D eigenvalue weighted by Gasteiger charge is 2.35. The summed E-state index contributed by atoms with van der Waals surface area (Å²) in [6.45, 7) is 1.02. The van der Waals surface area contributed by atoms with E-state index in [4.69, 9.17) is 46.4 Å². The van der Waals surface area contributed by atoms with Crippen LogP contribution in [0.25, 0.3) is 0 Å². The van der Waals surface area contributed by atoms with Crippen LogP contribution in [0, 0.1) is 0 Å². The number of carbonyl (C=O) groups excluding carboxylic acids is 2. The van der Waals surface area contributed by atoms with Gasteiger partial charge in [0.05, 0.1) is 20.6 Å². The number of halogens is 4. The number of nitrogens with one attached hydrogen (secondary N) is 1. The van der Waals surface area contributed by atoms with Crippen LogP contribution in [0.4, 0.5) is 5.69 Å². The summed E-state index contributed by atoms with van der Waals surface area (Å²) in [4.78, 5) is 29.3. The van der Waals surface area contributed by atoms with Gasteiger partial charge in [0.2, 0.25) is 11.8 Å². The quantitative estimate of drug-likeness (QED) is 0.224. The zero-order chi connectivity index (χ0) is 31.1. The van der Waals surface area contributed by atoms with Crippen molar-refractivity contribution in [2.75, 3.05) is 10.8 Å². The fourth-order valence-corrected chi connectivity index (χ4v) is 7.65. The molecule has 1 aliphatic carbocycles. The summed E-state index contributed by atoms with van der Waals surface area (Å²) in [7, 11) is -4.30. The van der Waals surface area contributed by atoms with Crippen LogP contribution in [0.1, 0.15) is 51.0 Å². The highest BCUT2D eigenvalue weighted by molar-refractivity contribution is 7.92. The number of sulfonamides is 1. The van der Waals surface area contributed by atoms with Gasteiger partial charge < -0.3 is 10.2 Å². The molecule has 0 aromatic heterocycles. The summed E-state index contributed by atoms with van der Waals surface area (Å²) in [5.74, 6) is -0.957. The van der Waals surface area contributed by atoms with Crippen molar-refractivity contribution >= 4 is 73.9 Å². The second-order valence-electron chi connectivity index (χ2n) is 10.4. The maximum absolute atomic E-state index is 14.3. The molecule has 0 heterocycles. The molecule has 1 aliphatic rings. The molecule has 0 aliphatic heterocycles. The number of nitrogens with zero attached hydrogens (tertiary/aromatic N) is 2. The lowest BCUT2D eigenvalue weighted by Gasteiger charge is -2.35. The number of anilines is 1. The standard InChI is InChI=1S/C31H33Cl4N3O4S/c1-2-27(31(40)36-21-11-5-3-6-12-21)37(19-23-24(32)15-9-16-25(23)33)29(39)20-38(28-18-10-17-26(34)30(28)35)43(41,42)22-13-7-4-8-14-22/h4,7-10,13-18,21,27H,2-3,5-6,11-12,19-20H2,1H3,(H,36,40)/t27-/m1/s1. The Kier molecular flexibility index (Phi) is 11.6. The minimum Gasteiger partial charge on any atom is -0.352 e. The van der Waals surface area contributed by atoms with Gasteiger partial charge in [0.25, 0.3) is 10.0 Å². The first-order valence-electron chi connectivity index (χ1n) is 14.1. The first kappa shape index (κ1) is 33.4. The molecule has 0 spiro atoms. The molecular weight excluding hydrogens is 652 g/mol. The van der Waals surface area contributed by atoms with Gasteiger partial charge in [0.15, 0.2) is 0 Å². The molecule has 4 rings (SSSR count). The summed E-state index contributed by atoms with van der Waals surface area (Å²) < 4.78 is 28.9. The van der Waals surface area contributed by atoms with E-state index in [1.807, 2.05) is 0 Å². The second-order valence-corrected chi connectivity index (χ2v) is 13.8. The van der Waals surface area contributed by atoms with Crippen molar-refractivity contribution < 1.29 is 18.0 Å². The smallest absolute Gasteiger partial charge is 0.264 e. The van der Waals surface area contributed by atoms with Gasteiger partial charge in [0.1, 0.15) is 12.6 Å². The lowest BCUT2D eigenvalue weighted by molar-refractivity contribution is -0.140. The van der Waals surface area contributed by atoms with Crippen molar-refractivity contribution in [3.63, 3.8) is 0 Å². The molecular formula is C31H33Cl4N3O4S. The maximum Gasteiger partial charge on any atom is 0.264 e. The van der Waals surface area contributed by atoms with Crippen LogP contribution in [0.3, 0.4) is 0 Å². The maximum atomic E-state index is 14.3. The first-order chi connectivity index (χ1) is 20.5. The Morgan fingerprint density at radius 2 is 1.47 bits per heavy atom. The van der Waals surface area contributed by atoms with Crippen LogP contribution >= 0.6 is 46.4 Å². The molecule has 3 aromatic carbocycles. The van der Waals surface area contributed by atoms with Crippen molar-refractivity contribution in [3.05, 3.63) is 92.4 Å². The molecule has 3 aromatic rings. The van der Waals surface area contributed by atoms with E-state index in [1.165, 1.54) is 29.2 Å². The number of rotatable bonds is 11. The fraction of sp³-hybridized carbons (Fsp3) is 0.355. The Morgan fingerprint density at radius 3 is 2.09 bits per heavy atom. The molecule has 1 N–H and O–H groups in total. The lowest BCUT2D eigenvalue weighted by atomic mass is 9.95. The molecule has 1 saturated carbocycles. The van der Waals surface area contributed by atoms with Gasteiger partial charge in [-0.05, 0) is 55.7 Å². The average Bonchev–Trinajstić information content (AvgIpc) is 2.99. The van der Waals surface area contributed by atoms with Crippen molar-refractivity contribution in [2.24, 2.45) is 0 Å². The largest absolute Gasteiger partial charge is 0.352 e. The van der Waals surface area contributed by atoms with E-state index in [9.17, 15) is 18.0 Å². The van der Waals surface area contributed by atoms with E-state index in [0.717, 1.165) is 36.4 Å². The van der Waals surface area contributed by atoms with Gasteiger partial charge in [-0.15, -0.1) is 0 Å². The molecule has 0 radical (unpaired) electrons. The third-order valence-electron chi connectivity index (χ3n) is 7.54. The SMILES string of the molecule is CC[C@H](C(=O)NC1CCCCC1)N(Cc1c(Cl)cccc1Cl)C(=O)CN(c1cccc(Cl)c1Cl)S(=O)(=O)c1ccccc1. The summed E-state index contributed by atoms with van der Waals surface area (Å²) in [5.41, 5.74) is 0.475. The minimum atomic E-state index is -4.30. The third kappa shape index (κ3) is 7.97. The van der Waals surface area contributed by atoms with Crippen LogP contribution in [-0.2, 0) is 26.2 Å². The lowest BCUT2D eigenvalue weighted by Crippen LogP contribution is -2.54. The number of amides is 2. The first-order valence-corrected chi connectivity index (χ1v) is 17.0.